The first kappa shape index (κ1) is 24.8. The van der Waals surface area contributed by atoms with Crippen LogP contribution in [0.25, 0.3) is 11.1 Å². The number of hydrogen-bond acceptors (Lipinski definition) is 4. The fourth-order valence-electron chi connectivity index (χ4n) is 5.07. The summed E-state index contributed by atoms with van der Waals surface area (Å²) in [7, 11) is 5.59. The van der Waals surface area contributed by atoms with Gasteiger partial charge in [-0.2, -0.15) is 0 Å². The van der Waals surface area contributed by atoms with Gasteiger partial charge in [0.05, 0.1) is 6.04 Å². The van der Waals surface area contributed by atoms with Crippen LogP contribution in [0.1, 0.15) is 31.2 Å². The summed E-state index contributed by atoms with van der Waals surface area (Å²) in [6.45, 7) is 1.15. The van der Waals surface area contributed by atoms with Crippen molar-refractivity contribution in [1.82, 2.24) is 15.1 Å². The lowest BCUT2D eigenvalue weighted by molar-refractivity contribution is -0.151. The molecule has 1 aliphatic heterocycles. The van der Waals surface area contributed by atoms with Gasteiger partial charge >= 0.3 is 0 Å². The van der Waals surface area contributed by atoms with E-state index in [1.807, 2.05) is 49.3 Å². The van der Waals surface area contributed by atoms with E-state index in [-0.39, 0.29) is 30.0 Å². The SMILES string of the molecule is COC(CN[C@H]1CCN(C(=O)C2(F)CCC2)[C@H]1Cc1cccc(-c2cccc(F)c2)c1)N(C)C. The summed E-state index contributed by atoms with van der Waals surface area (Å²) >= 11 is 0. The Morgan fingerprint density at radius 1 is 1.21 bits per heavy atom. The topological polar surface area (TPSA) is 44.8 Å². The number of amides is 1. The third-order valence-corrected chi connectivity index (χ3v) is 7.27. The predicted molar refractivity (Wildman–Crippen MR) is 130 cm³/mol. The van der Waals surface area contributed by atoms with Gasteiger partial charge in [-0.3, -0.25) is 9.69 Å². The quantitative estimate of drug-likeness (QED) is 0.561. The Hall–Kier alpha value is -2.35. The number of alkyl halides is 1. The van der Waals surface area contributed by atoms with Gasteiger partial charge in [-0.25, -0.2) is 8.78 Å². The first-order valence-corrected chi connectivity index (χ1v) is 12.1. The summed E-state index contributed by atoms with van der Waals surface area (Å²) in [5, 5.41) is 3.58. The Labute approximate surface area is 201 Å². The number of rotatable bonds is 9. The van der Waals surface area contributed by atoms with Gasteiger partial charge in [0.2, 0.25) is 0 Å². The Balaban J connectivity index is 1.56. The van der Waals surface area contributed by atoms with Crippen LogP contribution in [0.5, 0.6) is 0 Å². The molecule has 1 saturated heterocycles. The van der Waals surface area contributed by atoms with E-state index in [1.165, 1.54) is 12.1 Å². The van der Waals surface area contributed by atoms with E-state index in [0.29, 0.717) is 32.4 Å². The molecule has 2 fully saturated rings. The van der Waals surface area contributed by atoms with Crippen molar-refractivity contribution in [3.05, 3.63) is 59.9 Å². The van der Waals surface area contributed by atoms with Crippen LogP contribution in [0.4, 0.5) is 8.78 Å². The van der Waals surface area contributed by atoms with E-state index in [1.54, 1.807) is 18.1 Å². The standard InChI is InChI=1S/C27H35F2N3O2/c1-31(2)25(34-3)18-30-23-11-14-32(26(33)27(29)12-6-13-27)24(23)16-19-7-4-8-20(15-19)21-9-5-10-22(28)17-21/h4-5,7-10,15,17,23-25,30H,6,11-14,16,18H2,1-3H3/t23-,24-,25?/m0/s1. The molecule has 0 spiro atoms. The Morgan fingerprint density at radius 3 is 2.53 bits per heavy atom. The number of methoxy groups -OCH3 is 1. The minimum absolute atomic E-state index is 0.0306. The van der Waals surface area contributed by atoms with Crippen LogP contribution in [-0.2, 0) is 16.0 Å². The molecule has 1 saturated carbocycles. The predicted octanol–water partition coefficient (Wildman–Crippen LogP) is 4.02. The van der Waals surface area contributed by atoms with Crippen molar-refractivity contribution in [2.75, 3.05) is 34.3 Å². The van der Waals surface area contributed by atoms with Crippen molar-refractivity contribution in [3.8, 4) is 11.1 Å². The highest BCUT2D eigenvalue weighted by Gasteiger charge is 2.50. The van der Waals surface area contributed by atoms with Crippen molar-refractivity contribution in [2.45, 2.75) is 56.1 Å². The Kier molecular flexibility index (Phi) is 7.65. The molecule has 2 aliphatic rings. The lowest BCUT2D eigenvalue weighted by Crippen LogP contribution is -2.55. The van der Waals surface area contributed by atoms with Crippen molar-refractivity contribution >= 4 is 5.91 Å². The number of carbonyl (C=O) groups excluding carboxylic acids is 1. The van der Waals surface area contributed by atoms with Gasteiger partial charge in [-0.05, 0) is 75.0 Å². The molecule has 1 unspecified atom stereocenters. The minimum atomic E-state index is -1.71. The molecule has 3 atom stereocenters. The molecule has 1 N–H and O–H groups in total. The first-order valence-electron chi connectivity index (χ1n) is 12.1. The van der Waals surface area contributed by atoms with Gasteiger partial charge in [0.15, 0.2) is 5.67 Å². The second-order valence-corrected chi connectivity index (χ2v) is 9.76. The summed E-state index contributed by atoms with van der Waals surface area (Å²) in [5.74, 6) is -0.646. The molecule has 184 valence electrons. The van der Waals surface area contributed by atoms with E-state index in [0.717, 1.165) is 29.5 Å². The van der Waals surface area contributed by atoms with E-state index >= 15 is 4.39 Å². The number of benzene rings is 2. The van der Waals surface area contributed by atoms with E-state index in [4.69, 9.17) is 4.74 Å². The Morgan fingerprint density at radius 2 is 1.91 bits per heavy atom. The first-order chi connectivity index (χ1) is 16.3. The fourth-order valence-corrected chi connectivity index (χ4v) is 5.07. The van der Waals surface area contributed by atoms with Gasteiger partial charge in [0.25, 0.3) is 5.91 Å². The van der Waals surface area contributed by atoms with Crippen molar-refractivity contribution in [2.24, 2.45) is 0 Å². The normalized spacial score (nSPS) is 22.6. The number of nitrogens with one attached hydrogen (secondary N) is 1. The third-order valence-electron chi connectivity index (χ3n) is 7.27. The van der Waals surface area contributed by atoms with E-state index in [2.05, 4.69) is 5.32 Å². The van der Waals surface area contributed by atoms with Crippen molar-refractivity contribution in [3.63, 3.8) is 0 Å². The van der Waals surface area contributed by atoms with Crippen LogP contribution in [0.15, 0.2) is 48.5 Å². The molecule has 1 amide bonds. The molecule has 0 bridgehead atoms. The number of likely N-dealkylation sites (N-methyl/N-ethyl adjacent to an activating group) is 1. The molecule has 5 nitrogen and oxygen atoms in total. The van der Waals surface area contributed by atoms with Crippen LogP contribution >= 0.6 is 0 Å². The van der Waals surface area contributed by atoms with Crippen LogP contribution in [0.2, 0.25) is 0 Å². The van der Waals surface area contributed by atoms with E-state index < -0.39 is 5.67 Å². The van der Waals surface area contributed by atoms with Gasteiger partial charge in [-0.1, -0.05) is 36.4 Å². The summed E-state index contributed by atoms with van der Waals surface area (Å²) in [5.41, 5.74) is 1.05. The van der Waals surface area contributed by atoms with E-state index in [9.17, 15) is 9.18 Å². The molecular formula is C27H35F2N3O2. The molecule has 2 aromatic carbocycles. The molecule has 0 radical (unpaired) electrons. The maximum Gasteiger partial charge on any atom is 0.260 e. The maximum absolute atomic E-state index is 15.1. The second kappa shape index (κ2) is 10.5. The number of ether oxygens (including phenoxy) is 1. The van der Waals surface area contributed by atoms with Crippen LogP contribution < -0.4 is 5.32 Å². The number of nitrogens with zero attached hydrogens (tertiary/aromatic N) is 2. The number of likely N-dealkylation sites (tertiary alicyclic amines) is 1. The molecule has 7 heteroatoms. The lowest BCUT2D eigenvalue weighted by atomic mass is 9.80. The maximum atomic E-state index is 15.1. The largest absolute Gasteiger partial charge is 0.365 e. The third kappa shape index (κ3) is 5.32. The highest BCUT2D eigenvalue weighted by Crippen LogP contribution is 2.39. The zero-order chi connectivity index (χ0) is 24.3. The van der Waals surface area contributed by atoms with Gasteiger partial charge in [0, 0.05) is 26.2 Å². The van der Waals surface area contributed by atoms with Gasteiger partial charge in [-0.15, -0.1) is 0 Å². The molecule has 1 heterocycles. The van der Waals surface area contributed by atoms with Gasteiger partial charge in [0.1, 0.15) is 12.0 Å². The van der Waals surface area contributed by atoms with Gasteiger partial charge < -0.3 is 15.0 Å². The van der Waals surface area contributed by atoms with Crippen LogP contribution in [0.3, 0.4) is 0 Å². The summed E-state index contributed by atoms with van der Waals surface area (Å²) < 4.78 is 34.4. The average Bonchev–Trinajstić information content (AvgIpc) is 3.19. The highest BCUT2D eigenvalue weighted by molar-refractivity contribution is 5.86. The molecule has 1 aliphatic carbocycles. The zero-order valence-electron chi connectivity index (χ0n) is 20.3. The van der Waals surface area contributed by atoms with Crippen LogP contribution in [-0.4, -0.2) is 74.0 Å². The number of carbonyl (C=O) groups is 1. The molecule has 2 aromatic rings. The second-order valence-electron chi connectivity index (χ2n) is 9.76. The lowest BCUT2D eigenvalue weighted by Gasteiger charge is -2.39. The summed E-state index contributed by atoms with van der Waals surface area (Å²) in [4.78, 5) is 16.9. The average molecular weight is 472 g/mol. The molecular weight excluding hydrogens is 436 g/mol. The van der Waals surface area contributed by atoms with Crippen molar-refractivity contribution in [1.29, 1.82) is 0 Å². The molecule has 34 heavy (non-hydrogen) atoms. The minimum Gasteiger partial charge on any atom is -0.365 e. The number of hydrogen-bond donors (Lipinski definition) is 1. The molecule has 0 aromatic heterocycles. The smallest absolute Gasteiger partial charge is 0.260 e. The van der Waals surface area contributed by atoms with Crippen LogP contribution in [0, 0.1) is 5.82 Å². The summed E-state index contributed by atoms with van der Waals surface area (Å²) in [6, 6.07) is 14.4. The highest BCUT2D eigenvalue weighted by atomic mass is 19.1. The Bertz CT molecular complexity index is 995. The fraction of sp³-hybridized carbons (Fsp3) is 0.519. The van der Waals surface area contributed by atoms with Crippen molar-refractivity contribution < 1.29 is 18.3 Å². The monoisotopic (exact) mass is 471 g/mol. The molecule has 4 rings (SSSR count). The number of halogens is 2. The zero-order valence-corrected chi connectivity index (χ0v) is 20.3. The summed E-state index contributed by atoms with van der Waals surface area (Å²) in [6.07, 6.45) is 2.66.